The van der Waals surface area contributed by atoms with Gasteiger partial charge >= 0.3 is 0 Å². The van der Waals surface area contributed by atoms with Crippen molar-refractivity contribution < 1.29 is 13.6 Å². The van der Waals surface area contributed by atoms with Gasteiger partial charge in [-0.25, -0.2) is 13.8 Å². The molecule has 0 saturated heterocycles. The van der Waals surface area contributed by atoms with Gasteiger partial charge in [-0.3, -0.25) is 9.20 Å². The molecule has 0 aromatic carbocycles. The van der Waals surface area contributed by atoms with Gasteiger partial charge in [-0.1, -0.05) is 30.9 Å². The zero-order valence-corrected chi connectivity index (χ0v) is 12.7. The van der Waals surface area contributed by atoms with Gasteiger partial charge in [0.05, 0.1) is 6.42 Å². The van der Waals surface area contributed by atoms with Crippen molar-refractivity contribution in [3.63, 3.8) is 0 Å². The topological polar surface area (TPSA) is 46.4 Å². The summed E-state index contributed by atoms with van der Waals surface area (Å²) in [6, 6.07) is 0. The molecule has 0 bridgehead atoms. The number of halogens is 2. The zero-order valence-electron chi connectivity index (χ0n) is 11.9. The molecule has 0 aliphatic heterocycles. The van der Waals surface area contributed by atoms with Gasteiger partial charge in [0.15, 0.2) is 5.82 Å². The van der Waals surface area contributed by atoms with Crippen molar-refractivity contribution in [1.29, 1.82) is 0 Å². The normalized spacial score (nSPS) is 12.5. The van der Waals surface area contributed by atoms with E-state index in [0.717, 1.165) is 16.9 Å². The third-order valence-electron chi connectivity index (χ3n) is 2.90. The number of imidazole rings is 1. The second-order valence-corrected chi connectivity index (χ2v) is 5.28. The minimum Gasteiger partial charge on any atom is -0.308 e. The molecule has 0 unspecified atom stereocenters. The van der Waals surface area contributed by atoms with Gasteiger partial charge in [0, 0.05) is 5.38 Å². The third kappa shape index (κ3) is 3.48. The molecule has 7 heteroatoms. The van der Waals surface area contributed by atoms with Crippen molar-refractivity contribution in [2.45, 2.75) is 19.8 Å². The largest absolute Gasteiger partial charge is 0.308 e. The molecule has 0 radical (unpaired) electrons. The van der Waals surface area contributed by atoms with Gasteiger partial charge in [-0.05, 0) is 12.5 Å². The van der Waals surface area contributed by atoms with Crippen LogP contribution in [-0.4, -0.2) is 15.3 Å². The van der Waals surface area contributed by atoms with Crippen LogP contribution in [0.3, 0.4) is 0 Å². The maximum atomic E-state index is 12.8. The van der Waals surface area contributed by atoms with Crippen molar-refractivity contribution in [2.75, 3.05) is 5.32 Å². The van der Waals surface area contributed by atoms with E-state index in [0.29, 0.717) is 4.83 Å². The van der Waals surface area contributed by atoms with Gasteiger partial charge < -0.3 is 5.32 Å². The summed E-state index contributed by atoms with van der Waals surface area (Å²) in [7, 11) is 0. The molecule has 2 aromatic rings. The maximum absolute atomic E-state index is 12.8. The van der Waals surface area contributed by atoms with Gasteiger partial charge in [-0.2, -0.15) is 0 Å². The lowest BCUT2D eigenvalue weighted by Crippen LogP contribution is -2.12. The van der Waals surface area contributed by atoms with E-state index < -0.39 is 6.43 Å². The van der Waals surface area contributed by atoms with Crippen LogP contribution in [0.5, 0.6) is 0 Å². The third-order valence-corrected chi connectivity index (χ3v) is 3.88. The first kappa shape index (κ1) is 16.1. The number of hydrogen-bond acceptors (Lipinski definition) is 3. The number of nitrogens with zero attached hydrogens (tertiary/aromatic N) is 2. The Morgan fingerprint density at radius 1 is 1.59 bits per heavy atom. The Balaban J connectivity index is 2.14. The highest BCUT2D eigenvalue weighted by atomic mass is 32.1. The summed E-state index contributed by atoms with van der Waals surface area (Å²) in [6.45, 7) is 5.53. The minimum absolute atomic E-state index is 0.132. The molecule has 4 nitrogen and oxygen atoms in total. The maximum Gasteiger partial charge on any atom is 0.279 e. The molecule has 22 heavy (non-hydrogen) atoms. The zero-order chi connectivity index (χ0) is 16.1. The molecule has 0 aliphatic carbocycles. The monoisotopic (exact) mass is 323 g/mol. The summed E-state index contributed by atoms with van der Waals surface area (Å²) in [4.78, 5) is 16.5. The first-order chi connectivity index (χ1) is 10.6. The molecule has 0 saturated carbocycles. The highest BCUT2D eigenvalue weighted by molar-refractivity contribution is 7.16. The summed E-state index contributed by atoms with van der Waals surface area (Å²) >= 11 is 1.12. The van der Waals surface area contributed by atoms with Crippen LogP contribution in [0.4, 0.5) is 14.6 Å². The average molecular weight is 323 g/mol. The van der Waals surface area contributed by atoms with E-state index in [1.54, 1.807) is 12.2 Å². The van der Waals surface area contributed by atoms with E-state index in [2.05, 4.69) is 16.9 Å². The van der Waals surface area contributed by atoms with Gasteiger partial charge in [0.25, 0.3) is 6.43 Å². The number of hydrogen-bond donors (Lipinski definition) is 1. The lowest BCUT2D eigenvalue weighted by atomic mass is 10.1. The first-order valence-electron chi connectivity index (χ1n) is 6.53. The molecule has 0 aliphatic rings. The van der Waals surface area contributed by atoms with Crippen LogP contribution in [-0.2, 0) is 4.79 Å². The van der Waals surface area contributed by atoms with E-state index in [-0.39, 0.29) is 23.8 Å². The summed E-state index contributed by atoms with van der Waals surface area (Å²) in [6.07, 6.45) is 5.89. The Bertz CT molecular complexity index is 743. The standard InChI is InChI=1S/C15H15F2N3OS/c1-3-5-6-10(4-2)7-12(21)19-14-15-20(9-18-14)11(8-22-15)13(16)17/h3-6,8-9,13H,2,7H2,1H3,(H,19,21)/b5-3-,10-6+. The summed E-state index contributed by atoms with van der Waals surface area (Å²) in [5.74, 6) is 0.0135. The van der Waals surface area contributed by atoms with Gasteiger partial charge in [0.2, 0.25) is 5.91 Å². The number of thiazole rings is 1. The number of rotatable bonds is 6. The van der Waals surface area contributed by atoms with Gasteiger partial charge in [-0.15, -0.1) is 11.3 Å². The number of amides is 1. The number of anilines is 1. The SMILES string of the molecule is C=C/C(=C\C=C/C)CC(=O)Nc1ncn2c(C(F)F)csc12. The van der Waals surface area contributed by atoms with Gasteiger partial charge in [0.1, 0.15) is 16.9 Å². The molecule has 1 N–H and O–H groups in total. The average Bonchev–Trinajstić information content (AvgIpc) is 3.06. The van der Waals surface area contributed by atoms with E-state index in [9.17, 15) is 13.6 Å². The number of fused-ring (bicyclic) bond motifs is 1. The van der Waals surface area contributed by atoms with Crippen LogP contribution in [0, 0.1) is 0 Å². The van der Waals surface area contributed by atoms with E-state index in [4.69, 9.17) is 0 Å². The number of allylic oxidation sites excluding steroid dienone is 4. The fourth-order valence-corrected chi connectivity index (χ4v) is 2.76. The predicted octanol–water partition coefficient (Wildman–Crippen LogP) is 4.35. The lowest BCUT2D eigenvalue weighted by Gasteiger charge is -2.02. The molecular weight excluding hydrogens is 308 g/mol. The number of aromatic nitrogens is 2. The van der Waals surface area contributed by atoms with Crippen molar-refractivity contribution in [3.8, 4) is 0 Å². The summed E-state index contributed by atoms with van der Waals surface area (Å²) in [5, 5.41) is 4.00. The van der Waals surface area contributed by atoms with Crippen LogP contribution in [0.2, 0.25) is 0 Å². The second-order valence-electron chi connectivity index (χ2n) is 4.43. The molecule has 0 fully saturated rings. The van der Waals surface area contributed by atoms with E-state index in [1.165, 1.54) is 16.1 Å². The fraction of sp³-hybridized carbons (Fsp3) is 0.200. The van der Waals surface area contributed by atoms with Crippen LogP contribution in [0.15, 0.2) is 48.2 Å². The Morgan fingerprint density at radius 3 is 3.00 bits per heavy atom. The highest BCUT2D eigenvalue weighted by Gasteiger charge is 2.17. The highest BCUT2D eigenvalue weighted by Crippen LogP contribution is 2.29. The van der Waals surface area contributed by atoms with Crippen LogP contribution in [0.1, 0.15) is 25.5 Å². The van der Waals surface area contributed by atoms with Crippen LogP contribution < -0.4 is 5.32 Å². The molecule has 2 heterocycles. The van der Waals surface area contributed by atoms with Crippen LogP contribution in [0.25, 0.3) is 4.83 Å². The minimum atomic E-state index is -2.58. The Kier molecular flexibility index (Phi) is 5.21. The summed E-state index contributed by atoms with van der Waals surface area (Å²) < 4.78 is 26.9. The number of nitrogens with one attached hydrogen (secondary N) is 1. The predicted molar refractivity (Wildman–Crippen MR) is 84.4 cm³/mol. The molecule has 116 valence electrons. The Labute approximate surface area is 130 Å². The number of carbonyl (C=O) groups excluding carboxylic acids is 1. The van der Waals surface area contributed by atoms with Crippen molar-refractivity contribution in [3.05, 3.63) is 53.9 Å². The molecular formula is C15H15F2N3OS. The molecule has 2 aromatic heterocycles. The first-order valence-corrected chi connectivity index (χ1v) is 7.41. The van der Waals surface area contributed by atoms with Crippen molar-refractivity contribution >= 4 is 27.9 Å². The van der Waals surface area contributed by atoms with E-state index >= 15 is 0 Å². The number of carbonyl (C=O) groups is 1. The lowest BCUT2D eigenvalue weighted by molar-refractivity contribution is -0.115. The van der Waals surface area contributed by atoms with Crippen molar-refractivity contribution in [1.82, 2.24) is 9.38 Å². The smallest absolute Gasteiger partial charge is 0.279 e. The quantitative estimate of drug-likeness (QED) is 0.803. The molecule has 2 rings (SSSR count). The fourth-order valence-electron chi connectivity index (χ4n) is 1.83. The summed E-state index contributed by atoms with van der Waals surface area (Å²) in [5.41, 5.74) is 0.623. The molecule has 0 spiro atoms. The van der Waals surface area contributed by atoms with Crippen LogP contribution >= 0.6 is 11.3 Å². The second kappa shape index (κ2) is 7.13. The van der Waals surface area contributed by atoms with E-state index in [1.807, 2.05) is 19.1 Å². The van der Waals surface area contributed by atoms with Crippen molar-refractivity contribution in [2.24, 2.45) is 0 Å². The number of alkyl halides is 2. The Morgan fingerprint density at radius 2 is 2.36 bits per heavy atom. The molecule has 0 atom stereocenters. The Hall–Kier alpha value is -2.28. The molecule has 1 amide bonds.